The van der Waals surface area contributed by atoms with E-state index in [1.165, 1.54) is 89.9 Å². The third kappa shape index (κ3) is 8.05. The fourth-order valence-corrected chi connectivity index (χ4v) is 13.1. The van der Waals surface area contributed by atoms with Gasteiger partial charge in [-0.05, 0) is 0 Å². The van der Waals surface area contributed by atoms with Crippen molar-refractivity contribution in [2.75, 3.05) is 0 Å². The van der Waals surface area contributed by atoms with Crippen molar-refractivity contribution in [1.82, 2.24) is 0 Å². The van der Waals surface area contributed by atoms with Gasteiger partial charge in [-0.25, -0.2) is 0 Å². The fraction of sp³-hybridized carbons (Fsp3) is 0.657. The van der Waals surface area contributed by atoms with Crippen molar-refractivity contribution in [2.45, 2.75) is 139 Å². The molecule has 0 spiro atoms. The Balaban J connectivity index is 2.04. The van der Waals surface area contributed by atoms with E-state index in [1.807, 2.05) is 0 Å². The Morgan fingerprint density at radius 1 is 0.486 bits per heavy atom. The summed E-state index contributed by atoms with van der Waals surface area (Å²) in [6.45, 7) is 4.66. The molecule has 2 heteroatoms. The van der Waals surface area contributed by atoms with Gasteiger partial charge in [-0.2, -0.15) is 0 Å². The molecule has 1 aliphatic rings. The summed E-state index contributed by atoms with van der Waals surface area (Å²) in [5.41, 5.74) is 6.81. The first-order valence-corrected chi connectivity index (χ1v) is 35.8. The number of benzene rings is 2. The second-order valence-corrected chi connectivity index (χ2v) is 43.1. The van der Waals surface area contributed by atoms with Crippen molar-refractivity contribution in [2.24, 2.45) is 0 Å². The Morgan fingerprint density at radius 3 is 1.19 bits per heavy atom. The molecule has 0 nitrogen and oxygen atoms in total. The number of hydrogen-bond acceptors (Lipinski definition) is 0. The molecule has 0 aliphatic heterocycles. The van der Waals surface area contributed by atoms with Crippen LogP contribution in [-0.4, -0.2) is 36.8 Å². The molecule has 0 aromatic heterocycles. The molecule has 0 saturated carbocycles. The maximum absolute atomic E-state index is 2.74. The van der Waals surface area contributed by atoms with Crippen LogP contribution in [0.15, 0.2) is 36.4 Å². The molecule has 0 bridgehead atoms. The summed E-state index contributed by atoms with van der Waals surface area (Å²) in [5, 5.41) is 0. The van der Waals surface area contributed by atoms with Crippen molar-refractivity contribution in [3.8, 4) is 11.1 Å². The Morgan fingerprint density at radius 2 is 0.838 bits per heavy atom. The molecule has 206 valence electrons. The molecule has 0 saturated heterocycles. The van der Waals surface area contributed by atoms with Gasteiger partial charge in [-0.15, -0.1) is 0 Å². The van der Waals surface area contributed by atoms with Crippen LogP contribution in [0.25, 0.3) is 11.1 Å². The predicted octanol–water partition coefficient (Wildman–Crippen LogP) is 10.5. The van der Waals surface area contributed by atoms with Gasteiger partial charge in [0.1, 0.15) is 0 Å². The third-order valence-corrected chi connectivity index (χ3v) is 20.7. The standard InChI is InChI=1S/C29H40.6CH3.2Sn/c1-3-5-7-9-11-17-23-29(24-18-12-10-8-6-4-2)27-21-15-13-19-25(27)26-20-14-16-22-28(26)29;;;;;;;;/h13-14,19-22H,3-12,17-18,23-24H2,1-2H3;6*1H3;;. The van der Waals surface area contributed by atoms with Gasteiger partial charge in [0, 0.05) is 0 Å². The van der Waals surface area contributed by atoms with Gasteiger partial charge in [-0.3, -0.25) is 0 Å². The van der Waals surface area contributed by atoms with Crippen LogP contribution in [0.1, 0.15) is 115 Å². The average molecular weight is 716 g/mol. The molecule has 2 aromatic carbocycles. The molecule has 0 amide bonds. The quantitative estimate of drug-likeness (QED) is 0.120. The van der Waals surface area contributed by atoms with E-state index in [0.29, 0.717) is 0 Å². The molecule has 0 radical (unpaired) electrons. The van der Waals surface area contributed by atoms with Crippen LogP contribution < -0.4 is 7.16 Å². The molecule has 2 aromatic rings. The molecular weight excluding hydrogens is 658 g/mol. The summed E-state index contributed by atoms with van der Waals surface area (Å²) in [6, 6.07) is 15.6. The van der Waals surface area contributed by atoms with E-state index in [4.69, 9.17) is 0 Å². The molecule has 0 fully saturated rings. The third-order valence-electron chi connectivity index (χ3n) is 9.01. The molecule has 1 aliphatic carbocycles. The zero-order valence-corrected chi connectivity index (χ0v) is 31.6. The monoisotopic (exact) mass is 718 g/mol. The van der Waals surface area contributed by atoms with Crippen LogP contribution in [0.5, 0.6) is 0 Å². The van der Waals surface area contributed by atoms with Gasteiger partial charge in [0.25, 0.3) is 0 Å². The molecule has 37 heavy (non-hydrogen) atoms. The topological polar surface area (TPSA) is 0 Å². The minimum absolute atomic E-state index is 0.237. The first-order chi connectivity index (χ1) is 17.5. The predicted molar refractivity (Wildman–Crippen MR) is 175 cm³/mol. The molecule has 0 unspecified atom stereocenters. The van der Waals surface area contributed by atoms with Gasteiger partial charge in [0.15, 0.2) is 0 Å². The SMILES string of the molecule is CCCCCCCCC1(CCCCCCCC)c2c[c]([Sn]([CH3])([CH3])[CH3])ccc2-c2cc[c]([Sn]([CH3])([CH3])[CH3])cc21. The van der Waals surface area contributed by atoms with Gasteiger partial charge >= 0.3 is 241 Å². The van der Waals surface area contributed by atoms with Crippen molar-refractivity contribution < 1.29 is 0 Å². The zero-order chi connectivity index (χ0) is 27.1. The second kappa shape index (κ2) is 14.1. The van der Waals surface area contributed by atoms with Crippen molar-refractivity contribution >= 4 is 43.9 Å². The van der Waals surface area contributed by atoms with Crippen molar-refractivity contribution in [3.63, 3.8) is 0 Å². The number of rotatable bonds is 16. The summed E-state index contributed by atoms with van der Waals surface area (Å²) >= 11 is -4.36. The summed E-state index contributed by atoms with van der Waals surface area (Å²) in [7, 11) is 0. The summed E-state index contributed by atoms with van der Waals surface area (Å²) in [4.78, 5) is 15.5. The van der Waals surface area contributed by atoms with Crippen LogP contribution in [0, 0.1) is 0 Å². The zero-order valence-electron chi connectivity index (χ0n) is 25.9. The maximum atomic E-state index is 2.74. The van der Waals surface area contributed by atoms with Gasteiger partial charge in [-0.1, -0.05) is 0 Å². The number of fused-ring (bicyclic) bond motifs is 3. The number of unbranched alkanes of at least 4 members (excludes halogenated alkanes) is 10. The average Bonchev–Trinajstić information content (AvgIpc) is 3.11. The summed E-state index contributed by atoms with van der Waals surface area (Å²) < 4.78 is 3.43. The fourth-order valence-electron chi connectivity index (χ4n) is 6.51. The molecular formula is C35H58Sn2. The van der Waals surface area contributed by atoms with E-state index >= 15 is 0 Å². The van der Waals surface area contributed by atoms with E-state index in [-0.39, 0.29) is 5.41 Å². The Hall–Kier alpha value is 0.0374. The van der Waals surface area contributed by atoms with Crippen molar-refractivity contribution in [1.29, 1.82) is 0 Å². The minimum atomic E-state index is -2.18. The van der Waals surface area contributed by atoms with Crippen molar-refractivity contribution in [3.05, 3.63) is 47.5 Å². The van der Waals surface area contributed by atoms with Crippen LogP contribution in [0.2, 0.25) is 29.6 Å². The first-order valence-electron chi connectivity index (χ1n) is 15.8. The Bertz CT molecular complexity index is 908. The van der Waals surface area contributed by atoms with E-state index in [0.717, 1.165) is 0 Å². The number of hydrogen-bond donors (Lipinski definition) is 0. The van der Waals surface area contributed by atoms with Crippen LogP contribution in [0.3, 0.4) is 0 Å². The summed E-state index contributed by atoms with van der Waals surface area (Å²) in [6.07, 6.45) is 19.4. The Kier molecular flexibility index (Phi) is 12.0. The molecule has 0 atom stereocenters. The Labute approximate surface area is 239 Å². The van der Waals surface area contributed by atoms with E-state index in [9.17, 15) is 0 Å². The normalized spacial score (nSPS) is 14.6. The van der Waals surface area contributed by atoms with Gasteiger partial charge in [0.2, 0.25) is 0 Å². The van der Waals surface area contributed by atoms with E-state index < -0.39 is 36.8 Å². The molecule has 0 heterocycles. The molecule has 3 rings (SSSR count). The van der Waals surface area contributed by atoms with E-state index in [2.05, 4.69) is 79.9 Å². The van der Waals surface area contributed by atoms with Gasteiger partial charge in [0.05, 0.1) is 0 Å². The van der Waals surface area contributed by atoms with Crippen LogP contribution in [0.4, 0.5) is 0 Å². The molecule has 0 N–H and O–H groups in total. The first kappa shape index (κ1) is 31.6. The summed E-state index contributed by atoms with van der Waals surface area (Å²) in [5.74, 6) is 0. The van der Waals surface area contributed by atoms with Crippen LogP contribution in [-0.2, 0) is 5.41 Å². The van der Waals surface area contributed by atoms with Gasteiger partial charge < -0.3 is 0 Å². The second-order valence-electron chi connectivity index (χ2n) is 14.1. The van der Waals surface area contributed by atoms with Crippen LogP contribution >= 0.6 is 0 Å². The van der Waals surface area contributed by atoms with E-state index in [1.54, 1.807) is 29.4 Å².